The lowest BCUT2D eigenvalue weighted by Crippen LogP contribution is -2.45. The number of rotatable bonds is 4. The van der Waals surface area contributed by atoms with Crippen molar-refractivity contribution in [2.75, 3.05) is 24.6 Å². The third kappa shape index (κ3) is 3.29. The molecule has 7 heteroatoms. The molecule has 6 nitrogen and oxygen atoms in total. The molecular weight excluding hydrogens is 320 g/mol. The van der Waals surface area contributed by atoms with Crippen LogP contribution < -0.4 is 4.90 Å². The number of esters is 1. The van der Waals surface area contributed by atoms with Crippen LogP contribution in [-0.4, -0.2) is 48.0 Å². The lowest BCUT2D eigenvalue weighted by atomic mass is 10.0. The Bertz CT molecular complexity index is 600. The maximum absolute atomic E-state index is 12.1. The molecule has 0 saturated carbocycles. The number of cyclic esters (lactones) is 1. The normalized spacial score (nSPS) is 27.0. The molecule has 0 spiro atoms. The zero-order valence-electron chi connectivity index (χ0n) is 13.3. The highest BCUT2D eigenvalue weighted by Crippen LogP contribution is 2.39. The number of anilines is 1. The Kier molecular flexibility index (Phi) is 4.75. The summed E-state index contributed by atoms with van der Waals surface area (Å²) < 4.78 is 11.1. The number of carbonyl (C=O) groups excluding carboxylic acids is 1. The smallest absolute Gasteiger partial charge is 0.339 e. The fourth-order valence-electron chi connectivity index (χ4n) is 3.24. The van der Waals surface area contributed by atoms with E-state index in [4.69, 9.17) is 26.2 Å². The van der Waals surface area contributed by atoms with Gasteiger partial charge in [-0.3, -0.25) is 0 Å². The monoisotopic (exact) mass is 340 g/mol. The quantitative estimate of drug-likeness (QED) is 0.670. The highest BCUT2D eigenvalue weighted by Gasteiger charge is 2.35. The minimum Gasteiger partial charge on any atom is -0.454 e. The fraction of sp³-hybridized carbons (Fsp3) is 0.625. The van der Waals surface area contributed by atoms with Crippen LogP contribution >= 0.6 is 11.6 Å². The minimum absolute atomic E-state index is 0.0517. The number of ether oxygens (including phenoxy) is 2. The van der Waals surface area contributed by atoms with Gasteiger partial charge in [-0.05, 0) is 32.8 Å². The summed E-state index contributed by atoms with van der Waals surface area (Å²) in [4.78, 5) is 18.7. The van der Waals surface area contributed by atoms with E-state index in [0.717, 1.165) is 0 Å². The van der Waals surface area contributed by atoms with Crippen LogP contribution in [0.2, 0.25) is 5.15 Å². The van der Waals surface area contributed by atoms with Crippen LogP contribution in [0, 0.1) is 0 Å². The molecule has 1 unspecified atom stereocenters. The maximum Gasteiger partial charge on any atom is 0.339 e. The van der Waals surface area contributed by atoms with E-state index in [-0.39, 0.29) is 24.8 Å². The SMILES string of the molecule is C[C@@H]1CN(c2cc3c(c(Cl)n2)C(CCCO)OC3=O)C[C@H](C)O1. The first-order chi connectivity index (χ1) is 11.0. The van der Waals surface area contributed by atoms with Gasteiger partial charge in [0.25, 0.3) is 0 Å². The second-order valence-corrected chi connectivity index (χ2v) is 6.51. The summed E-state index contributed by atoms with van der Waals surface area (Å²) in [6.45, 7) is 5.48. The van der Waals surface area contributed by atoms with Gasteiger partial charge in [0.1, 0.15) is 17.1 Å². The van der Waals surface area contributed by atoms with Crippen molar-refractivity contribution >= 4 is 23.4 Å². The number of aliphatic hydroxyl groups is 1. The van der Waals surface area contributed by atoms with Gasteiger partial charge in [0, 0.05) is 25.3 Å². The summed E-state index contributed by atoms with van der Waals surface area (Å²) in [6, 6.07) is 1.76. The molecule has 0 bridgehead atoms. The van der Waals surface area contributed by atoms with Crippen LogP contribution in [0.15, 0.2) is 6.07 Å². The molecule has 3 heterocycles. The van der Waals surface area contributed by atoms with Crippen molar-refractivity contribution in [1.29, 1.82) is 0 Å². The zero-order chi connectivity index (χ0) is 16.6. The summed E-state index contributed by atoms with van der Waals surface area (Å²) in [6.07, 6.45) is 0.866. The molecule has 1 aromatic heterocycles. The number of hydrogen-bond acceptors (Lipinski definition) is 6. The summed E-state index contributed by atoms with van der Waals surface area (Å²) in [5, 5.41) is 9.27. The number of halogens is 1. The largest absolute Gasteiger partial charge is 0.454 e. The number of aliphatic hydroxyl groups excluding tert-OH is 1. The predicted molar refractivity (Wildman–Crippen MR) is 85.9 cm³/mol. The van der Waals surface area contributed by atoms with Gasteiger partial charge < -0.3 is 19.5 Å². The van der Waals surface area contributed by atoms with Gasteiger partial charge in [-0.25, -0.2) is 9.78 Å². The van der Waals surface area contributed by atoms with E-state index in [9.17, 15) is 4.79 Å². The van der Waals surface area contributed by atoms with E-state index in [2.05, 4.69) is 9.88 Å². The molecular formula is C16H21ClN2O4. The lowest BCUT2D eigenvalue weighted by Gasteiger charge is -2.36. The van der Waals surface area contributed by atoms with Crippen molar-refractivity contribution < 1.29 is 19.4 Å². The molecule has 1 N–H and O–H groups in total. The molecule has 0 amide bonds. The Morgan fingerprint density at radius 3 is 2.74 bits per heavy atom. The summed E-state index contributed by atoms with van der Waals surface area (Å²) in [5.41, 5.74) is 1.12. The van der Waals surface area contributed by atoms with Gasteiger partial charge in [0.15, 0.2) is 0 Å². The van der Waals surface area contributed by atoms with Crippen LogP contribution in [0.5, 0.6) is 0 Å². The number of nitrogens with zero attached hydrogens (tertiary/aromatic N) is 2. The Labute approximate surface area is 140 Å². The third-order valence-corrected chi connectivity index (χ3v) is 4.45. The standard InChI is InChI=1S/C16H21ClN2O4/c1-9-7-19(8-10(2)22-9)13-6-11-14(15(17)18-13)12(4-3-5-20)23-16(11)21/h6,9-10,12,20H,3-5,7-8H2,1-2H3/t9-,10+,12?. The van der Waals surface area contributed by atoms with Crippen molar-refractivity contribution in [2.24, 2.45) is 0 Å². The molecule has 3 rings (SSSR count). The van der Waals surface area contributed by atoms with Crippen LogP contribution in [-0.2, 0) is 9.47 Å². The summed E-state index contributed by atoms with van der Waals surface area (Å²) >= 11 is 6.34. The van der Waals surface area contributed by atoms with Crippen molar-refractivity contribution in [1.82, 2.24) is 4.98 Å². The number of carbonyl (C=O) groups is 1. The van der Waals surface area contributed by atoms with Gasteiger partial charge in [0.2, 0.25) is 0 Å². The van der Waals surface area contributed by atoms with E-state index >= 15 is 0 Å². The zero-order valence-corrected chi connectivity index (χ0v) is 14.0. The fourth-order valence-corrected chi connectivity index (χ4v) is 3.55. The van der Waals surface area contributed by atoms with Crippen molar-refractivity contribution in [3.63, 3.8) is 0 Å². The Morgan fingerprint density at radius 1 is 1.39 bits per heavy atom. The second-order valence-electron chi connectivity index (χ2n) is 6.15. The molecule has 0 aromatic carbocycles. The molecule has 2 aliphatic rings. The number of aromatic nitrogens is 1. The van der Waals surface area contributed by atoms with Gasteiger partial charge in [-0.1, -0.05) is 11.6 Å². The molecule has 1 aromatic rings. The van der Waals surface area contributed by atoms with Crippen LogP contribution in [0.3, 0.4) is 0 Å². The Balaban J connectivity index is 1.90. The third-order valence-electron chi connectivity index (χ3n) is 4.16. The van der Waals surface area contributed by atoms with Crippen molar-refractivity contribution in [3.05, 3.63) is 22.3 Å². The van der Waals surface area contributed by atoms with Crippen LogP contribution in [0.1, 0.15) is 48.7 Å². The summed E-state index contributed by atoms with van der Waals surface area (Å²) in [7, 11) is 0. The van der Waals surface area contributed by atoms with E-state index in [1.807, 2.05) is 13.8 Å². The minimum atomic E-state index is -0.416. The lowest BCUT2D eigenvalue weighted by molar-refractivity contribution is -0.00546. The Morgan fingerprint density at radius 2 is 2.09 bits per heavy atom. The van der Waals surface area contributed by atoms with E-state index < -0.39 is 6.10 Å². The molecule has 1 saturated heterocycles. The topological polar surface area (TPSA) is 71.9 Å². The molecule has 1 fully saturated rings. The maximum atomic E-state index is 12.1. The predicted octanol–water partition coefficient (Wildman–Crippen LogP) is 2.33. The van der Waals surface area contributed by atoms with Gasteiger partial charge in [0.05, 0.1) is 17.8 Å². The van der Waals surface area contributed by atoms with E-state index in [1.165, 1.54) is 0 Å². The molecule has 126 valence electrons. The molecule has 23 heavy (non-hydrogen) atoms. The first-order valence-electron chi connectivity index (χ1n) is 7.92. The van der Waals surface area contributed by atoms with Gasteiger partial charge in [-0.15, -0.1) is 0 Å². The molecule has 3 atom stereocenters. The van der Waals surface area contributed by atoms with Crippen molar-refractivity contribution in [3.8, 4) is 0 Å². The average Bonchev–Trinajstić information content (AvgIpc) is 2.81. The number of pyridine rings is 1. The second kappa shape index (κ2) is 6.63. The van der Waals surface area contributed by atoms with Crippen LogP contribution in [0.4, 0.5) is 5.82 Å². The van der Waals surface area contributed by atoms with Gasteiger partial charge >= 0.3 is 5.97 Å². The molecule has 0 aliphatic carbocycles. The van der Waals surface area contributed by atoms with Gasteiger partial charge in [-0.2, -0.15) is 0 Å². The van der Waals surface area contributed by atoms with E-state index in [1.54, 1.807) is 6.07 Å². The molecule has 0 radical (unpaired) electrons. The molecule has 2 aliphatic heterocycles. The summed E-state index contributed by atoms with van der Waals surface area (Å²) in [5.74, 6) is 0.304. The average molecular weight is 341 g/mol. The number of morpholine rings is 1. The number of hydrogen-bond donors (Lipinski definition) is 1. The highest BCUT2D eigenvalue weighted by molar-refractivity contribution is 6.31. The first-order valence-corrected chi connectivity index (χ1v) is 8.30. The first kappa shape index (κ1) is 16.5. The van der Waals surface area contributed by atoms with Crippen molar-refractivity contribution in [2.45, 2.75) is 45.0 Å². The Hall–Kier alpha value is -1.37. The number of fused-ring (bicyclic) bond motifs is 1. The highest BCUT2D eigenvalue weighted by atomic mass is 35.5. The van der Waals surface area contributed by atoms with E-state index in [0.29, 0.717) is 48.0 Å². The van der Waals surface area contributed by atoms with Crippen LogP contribution in [0.25, 0.3) is 0 Å².